The predicted molar refractivity (Wildman–Crippen MR) is 67.9 cm³/mol. The van der Waals surface area contributed by atoms with Crippen LogP contribution in [0.3, 0.4) is 0 Å². The fourth-order valence-electron chi connectivity index (χ4n) is 2.29. The van der Waals surface area contributed by atoms with Gasteiger partial charge in [0.15, 0.2) is 0 Å². The fourth-order valence-corrected chi connectivity index (χ4v) is 2.29. The van der Waals surface area contributed by atoms with Crippen molar-refractivity contribution >= 4 is 12.6 Å². The molecule has 0 atom stereocenters. The molecule has 0 unspecified atom stereocenters. The fraction of sp³-hybridized carbons (Fsp3) is 0.538. The average Bonchev–Trinajstić information content (AvgIpc) is 2.38. The first kappa shape index (κ1) is 12.6. The van der Waals surface area contributed by atoms with Gasteiger partial charge in [-0.25, -0.2) is 0 Å². The smallest absolute Gasteiger partial charge is 0.423 e. The SMILES string of the molecule is OB(O)c1cccc(COC2CCCCC2)c1. The third-order valence-corrected chi connectivity index (χ3v) is 3.29. The number of benzene rings is 1. The van der Waals surface area contributed by atoms with Crippen molar-refractivity contribution < 1.29 is 14.8 Å². The molecule has 1 aliphatic rings. The standard InChI is InChI=1S/C13H19BO3/c15-14(16)12-6-4-5-11(9-12)10-17-13-7-2-1-3-8-13/h4-6,9,13,15-16H,1-3,7-8,10H2. The Kier molecular flexibility index (Phi) is 4.60. The van der Waals surface area contributed by atoms with Crippen LogP contribution in [0.2, 0.25) is 0 Å². The van der Waals surface area contributed by atoms with Crippen LogP contribution in [-0.4, -0.2) is 23.3 Å². The molecule has 0 aromatic heterocycles. The second-order valence-corrected chi connectivity index (χ2v) is 4.69. The monoisotopic (exact) mass is 234 g/mol. The molecule has 0 saturated heterocycles. The van der Waals surface area contributed by atoms with E-state index in [9.17, 15) is 0 Å². The summed E-state index contributed by atoms with van der Waals surface area (Å²) >= 11 is 0. The second kappa shape index (κ2) is 6.19. The molecular formula is C13H19BO3. The highest BCUT2D eigenvalue weighted by Crippen LogP contribution is 2.21. The summed E-state index contributed by atoms with van der Waals surface area (Å²) in [6.45, 7) is 0.561. The van der Waals surface area contributed by atoms with Gasteiger partial charge in [-0.2, -0.15) is 0 Å². The predicted octanol–water partition coefficient (Wildman–Crippen LogP) is 1.22. The first-order valence-electron chi connectivity index (χ1n) is 6.32. The Balaban J connectivity index is 1.87. The van der Waals surface area contributed by atoms with Crippen LogP contribution in [0.25, 0.3) is 0 Å². The van der Waals surface area contributed by atoms with Crippen LogP contribution in [0.5, 0.6) is 0 Å². The van der Waals surface area contributed by atoms with Crippen molar-refractivity contribution in [2.24, 2.45) is 0 Å². The van der Waals surface area contributed by atoms with Gasteiger partial charge in [0.1, 0.15) is 0 Å². The first-order chi connectivity index (χ1) is 8.25. The zero-order chi connectivity index (χ0) is 12.1. The minimum absolute atomic E-state index is 0.381. The van der Waals surface area contributed by atoms with E-state index in [2.05, 4.69) is 0 Å². The molecule has 1 saturated carbocycles. The van der Waals surface area contributed by atoms with Gasteiger partial charge in [-0.1, -0.05) is 43.5 Å². The molecule has 1 aromatic carbocycles. The van der Waals surface area contributed by atoms with E-state index < -0.39 is 7.12 Å². The van der Waals surface area contributed by atoms with E-state index in [-0.39, 0.29) is 0 Å². The number of hydrogen-bond acceptors (Lipinski definition) is 3. The van der Waals surface area contributed by atoms with Crippen molar-refractivity contribution in [2.75, 3.05) is 0 Å². The largest absolute Gasteiger partial charge is 0.488 e. The molecule has 1 fully saturated rings. The highest BCUT2D eigenvalue weighted by molar-refractivity contribution is 6.58. The van der Waals surface area contributed by atoms with E-state index in [1.165, 1.54) is 19.3 Å². The van der Waals surface area contributed by atoms with E-state index in [1.54, 1.807) is 12.1 Å². The quantitative estimate of drug-likeness (QED) is 0.770. The second-order valence-electron chi connectivity index (χ2n) is 4.69. The number of ether oxygens (including phenoxy) is 1. The Morgan fingerprint density at radius 2 is 1.94 bits per heavy atom. The van der Waals surface area contributed by atoms with Crippen LogP contribution in [-0.2, 0) is 11.3 Å². The Morgan fingerprint density at radius 1 is 1.18 bits per heavy atom. The summed E-state index contributed by atoms with van der Waals surface area (Å²) in [5.41, 5.74) is 1.52. The lowest BCUT2D eigenvalue weighted by atomic mass is 9.80. The average molecular weight is 234 g/mol. The normalized spacial score (nSPS) is 17.1. The third-order valence-electron chi connectivity index (χ3n) is 3.29. The van der Waals surface area contributed by atoms with Gasteiger partial charge < -0.3 is 14.8 Å². The maximum atomic E-state index is 9.08. The lowest BCUT2D eigenvalue weighted by molar-refractivity contribution is 0.0169. The van der Waals surface area contributed by atoms with Gasteiger partial charge in [0.25, 0.3) is 0 Å². The van der Waals surface area contributed by atoms with Crippen molar-refractivity contribution in [1.29, 1.82) is 0 Å². The minimum Gasteiger partial charge on any atom is -0.423 e. The van der Waals surface area contributed by atoms with Gasteiger partial charge in [0.2, 0.25) is 0 Å². The van der Waals surface area contributed by atoms with Crippen molar-refractivity contribution in [3.05, 3.63) is 29.8 Å². The van der Waals surface area contributed by atoms with Gasteiger partial charge in [-0.3, -0.25) is 0 Å². The summed E-state index contributed by atoms with van der Waals surface area (Å²) in [4.78, 5) is 0. The van der Waals surface area contributed by atoms with Crippen molar-refractivity contribution in [3.8, 4) is 0 Å². The van der Waals surface area contributed by atoms with E-state index >= 15 is 0 Å². The van der Waals surface area contributed by atoms with Crippen LogP contribution >= 0.6 is 0 Å². The maximum absolute atomic E-state index is 9.08. The topological polar surface area (TPSA) is 49.7 Å². The van der Waals surface area contributed by atoms with Crippen LogP contribution in [0, 0.1) is 0 Å². The van der Waals surface area contributed by atoms with Crippen LogP contribution in [0.15, 0.2) is 24.3 Å². The lowest BCUT2D eigenvalue weighted by Gasteiger charge is -2.22. The van der Waals surface area contributed by atoms with Crippen molar-refractivity contribution in [2.45, 2.75) is 44.8 Å². The van der Waals surface area contributed by atoms with Gasteiger partial charge in [-0.05, 0) is 23.9 Å². The van der Waals surface area contributed by atoms with E-state index in [4.69, 9.17) is 14.8 Å². The zero-order valence-corrected chi connectivity index (χ0v) is 10.0. The first-order valence-corrected chi connectivity index (χ1v) is 6.32. The molecule has 2 N–H and O–H groups in total. The highest BCUT2D eigenvalue weighted by atomic mass is 16.5. The third kappa shape index (κ3) is 3.84. The van der Waals surface area contributed by atoms with Gasteiger partial charge in [0, 0.05) is 0 Å². The summed E-state index contributed by atoms with van der Waals surface area (Å²) in [5.74, 6) is 0. The Morgan fingerprint density at radius 3 is 2.65 bits per heavy atom. The number of hydrogen-bond donors (Lipinski definition) is 2. The minimum atomic E-state index is -1.40. The van der Waals surface area contributed by atoms with Crippen molar-refractivity contribution in [3.63, 3.8) is 0 Å². The highest BCUT2D eigenvalue weighted by Gasteiger charge is 2.14. The molecule has 0 bridgehead atoms. The molecule has 0 radical (unpaired) electrons. The van der Waals surface area contributed by atoms with E-state index in [0.29, 0.717) is 18.2 Å². The summed E-state index contributed by atoms with van der Waals surface area (Å²) in [7, 11) is -1.40. The van der Waals surface area contributed by atoms with Gasteiger partial charge in [0.05, 0.1) is 12.7 Å². The molecule has 0 heterocycles. The molecule has 2 rings (SSSR count). The van der Waals surface area contributed by atoms with Crippen LogP contribution in [0.4, 0.5) is 0 Å². The van der Waals surface area contributed by atoms with Gasteiger partial charge in [-0.15, -0.1) is 0 Å². The summed E-state index contributed by atoms with van der Waals surface area (Å²) in [5, 5.41) is 18.2. The molecule has 17 heavy (non-hydrogen) atoms. The molecule has 92 valence electrons. The van der Waals surface area contributed by atoms with E-state index in [1.807, 2.05) is 12.1 Å². The van der Waals surface area contributed by atoms with Gasteiger partial charge >= 0.3 is 7.12 Å². The summed E-state index contributed by atoms with van der Waals surface area (Å²) in [6.07, 6.45) is 6.54. The molecule has 1 aromatic rings. The Bertz CT molecular complexity index is 348. The molecule has 0 spiro atoms. The molecule has 0 aliphatic heterocycles. The Hall–Kier alpha value is -0.835. The lowest BCUT2D eigenvalue weighted by Crippen LogP contribution is -2.30. The maximum Gasteiger partial charge on any atom is 0.488 e. The van der Waals surface area contributed by atoms with Crippen molar-refractivity contribution in [1.82, 2.24) is 0 Å². The van der Waals surface area contributed by atoms with E-state index in [0.717, 1.165) is 18.4 Å². The molecule has 1 aliphatic carbocycles. The molecule has 4 heteroatoms. The summed E-state index contributed by atoms with van der Waals surface area (Å²) < 4.78 is 5.84. The molecule has 3 nitrogen and oxygen atoms in total. The zero-order valence-electron chi connectivity index (χ0n) is 10.0. The Labute approximate surface area is 103 Å². The van der Waals surface area contributed by atoms with Crippen LogP contribution in [0.1, 0.15) is 37.7 Å². The van der Waals surface area contributed by atoms with Crippen LogP contribution < -0.4 is 5.46 Å². The molecule has 0 amide bonds. The summed E-state index contributed by atoms with van der Waals surface area (Å²) in [6, 6.07) is 7.27. The molecular weight excluding hydrogens is 215 g/mol. The number of rotatable bonds is 4.